The summed E-state index contributed by atoms with van der Waals surface area (Å²) >= 11 is 0. The predicted octanol–water partition coefficient (Wildman–Crippen LogP) is 3.23. The molecule has 112 valence electrons. The minimum Gasteiger partial charge on any atom is -0.493 e. The van der Waals surface area contributed by atoms with Crippen LogP contribution < -0.4 is 24.0 Å². The lowest BCUT2D eigenvalue weighted by Gasteiger charge is -2.18. The van der Waals surface area contributed by atoms with Crippen molar-refractivity contribution >= 4 is 7.75 Å². The molecule has 0 heterocycles. The summed E-state index contributed by atoms with van der Waals surface area (Å²) in [4.78, 5) is 0. The van der Waals surface area contributed by atoms with E-state index in [1.54, 1.807) is 48.5 Å². The highest BCUT2D eigenvalue weighted by Gasteiger charge is 2.25. The number of methoxy groups -OCH3 is 2. The average Bonchev–Trinajstić information content (AvgIpc) is 2.47. The van der Waals surface area contributed by atoms with Crippen molar-refractivity contribution in [3.05, 3.63) is 48.5 Å². The molecule has 2 aromatic carbocycles. The summed E-state index contributed by atoms with van der Waals surface area (Å²) in [7, 11) is -0.923. The zero-order valence-corrected chi connectivity index (χ0v) is 12.6. The van der Waals surface area contributed by atoms with Gasteiger partial charge in [0, 0.05) is 0 Å². The Balaban J connectivity index is 2.20. The molecule has 0 saturated heterocycles. The van der Waals surface area contributed by atoms with E-state index in [-0.39, 0.29) is 11.5 Å². The molecular weight excluding hydrogens is 293 g/mol. The molecule has 0 spiro atoms. The summed E-state index contributed by atoms with van der Waals surface area (Å²) in [6, 6.07) is 13.4. The van der Waals surface area contributed by atoms with Crippen molar-refractivity contribution in [2.75, 3.05) is 14.2 Å². The van der Waals surface area contributed by atoms with Gasteiger partial charge in [0.1, 0.15) is 0 Å². The number of benzene rings is 2. The molecule has 0 fully saturated rings. The minimum absolute atomic E-state index is 0.237. The number of para-hydroxylation sites is 4. The molecule has 0 amide bonds. The first-order valence-corrected chi connectivity index (χ1v) is 7.71. The lowest BCUT2D eigenvalue weighted by molar-refractivity contribution is 0.347. The Morgan fingerprint density at radius 3 is 1.43 bits per heavy atom. The molecule has 6 nitrogen and oxygen atoms in total. The van der Waals surface area contributed by atoms with Crippen LogP contribution in [0.2, 0.25) is 0 Å². The highest BCUT2D eigenvalue weighted by Crippen LogP contribution is 2.46. The number of rotatable bonds is 6. The van der Waals surface area contributed by atoms with Crippen LogP contribution in [0.1, 0.15) is 0 Å². The van der Waals surface area contributed by atoms with Crippen LogP contribution in [-0.2, 0) is 4.57 Å². The van der Waals surface area contributed by atoms with Crippen molar-refractivity contribution in [2.45, 2.75) is 0 Å². The van der Waals surface area contributed by atoms with Crippen LogP contribution in [0.15, 0.2) is 48.5 Å². The largest absolute Gasteiger partial charge is 0.510 e. The van der Waals surface area contributed by atoms with Crippen molar-refractivity contribution in [1.29, 1.82) is 0 Å². The highest BCUT2D eigenvalue weighted by molar-refractivity contribution is 7.52. The molecule has 0 aliphatic rings. The molecule has 0 unspecified atom stereocenters. The number of nitrogens with two attached hydrogens (primary N) is 1. The van der Waals surface area contributed by atoms with Crippen LogP contribution in [-0.4, -0.2) is 14.2 Å². The topological polar surface area (TPSA) is 80.0 Å². The lowest BCUT2D eigenvalue weighted by Crippen LogP contribution is -2.10. The zero-order valence-electron chi connectivity index (χ0n) is 11.7. The van der Waals surface area contributed by atoms with E-state index in [2.05, 4.69) is 0 Å². The van der Waals surface area contributed by atoms with Gasteiger partial charge in [-0.15, -0.1) is 0 Å². The standard InChI is InChI=1S/C14H16NO5P/c1-17-11-7-3-5-9-13(11)19-21(15,16)20-14-10-6-4-8-12(14)18-2/h3-10H,1-2H3,(H2,15,16). The summed E-state index contributed by atoms with van der Waals surface area (Å²) < 4.78 is 33.0. The van der Waals surface area contributed by atoms with E-state index in [0.717, 1.165) is 0 Å². The van der Waals surface area contributed by atoms with Gasteiger partial charge in [0.25, 0.3) is 0 Å². The Bertz CT molecular complexity index is 608. The molecular formula is C14H16NO5P. The van der Waals surface area contributed by atoms with Gasteiger partial charge in [-0.25, -0.2) is 10.1 Å². The van der Waals surface area contributed by atoms with Crippen LogP contribution >= 0.6 is 7.75 Å². The second-order valence-electron chi connectivity index (χ2n) is 4.02. The van der Waals surface area contributed by atoms with E-state index in [9.17, 15) is 4.57 Å². The van der Waals surface area contributed by atoms with Crippen LogP contribution in [0.3, 0.4) is 0 Å². The van der Waals surface area contributed by atoms with Gasteiger partial charge in [-0.3, -0.25) is 0 Å². The van der Waals surface area contributed by atoms with Gasteiger partial charge in [-0.05, 0) is 24.3 Å². The van der Waals surface area contributed by atoms with Crippen LogP contribution in [0.5, 0.6) is 23.0 Å². The van der Waals surface area contributed by atoms with E-state index in [0.29, 0.717) is 11.5 Å². The van der Waals surface area contributed by atoms with E-state index < -0.39 is 7.75 Å². The number of hydrogen-bond donors (Lipinski definition) is 1. The highest BCUT2D eigenvalue weighted by atomic mass is 31.2. The van der Waals surface area contributed by atoms with Gasteiger partial charge in [0.15, 0.2) is 23.0 Å². The van der Waals surface area contributed by atoms with Crippen molar-refractivity contribution in [3.63, 3.8) is 0 Å². The Kier molecular flexibility index (Phi) is 4.73. The summed E-state index contributed by atoms with van der Waals surface area (Å²) in [6.07, 6.45) is 0. The third-order valence-electron chi connectivity index (χ3n) is 2.59. The first-order chi connectivity index (χ1) is 10.1. The molecule has 21 heavy (non-hydrogen) atoms. The molecule has 0 bridgehead atoms. The van der Waals surface area contributed by atoms with Gasteiger partial charge in [-0.2, -0.15) is 0 Å². The molecule has 2 N–H and O–H groups in total. The van der Waals surface area contributed by atoms with Gasteiger partial charge in [-0.1, -0.05) is 24.3 Å². The average molecular weight is 309 g/mol. The number of ether oxygens (including phenoxy) is 2. The minimum atomic E-state index is -3.88. The molecule has 0 aliphatic carbocycles. The molecule has 2 aromatic rings. The quantitative estimate of drug-likeness (QED) is 0.825. The normalized spacial score (nSPS) is 10.8. The summed E-state index contributed by atoms with van der Waals surface area (Å²) in [5, 5.41) is 0. The van der Waals surface area contributed by atoms with E-state index in [1.807, 2.05) is 0 Å². The van der Waals surface area contributed by atoms with E-state index >= 15 is 0 Å². The van der Waals surface area contributed by atoms with Crippen molar-refractivity contribution < 1.29 is 23.1 Å². The maximum atomic E-state index is 12.3. The fourth-order valence-electron chi connectivity index (χ4n) is 1.68. The molecule has 0 aliphatic heterocycles. The predicted molar refractivity (Wildman–Crippen MR) is 79.0 cm³/mol. The molecule has 0 saturated carbocycles. The fourth-order valence-corrected chi connectivity index (χ4v) is 2.57. The summed E-state index contributed by atoms with van der Waals surface area (Å²) in [6.45, 7) is 0. The van der Waals surface area contributed by atoms with Gasteiger partial charge in [0.2, 0.25) is 0 Å². The third kappa shape index (κ3) is 3.90. The van der Waals surface area contributed by atoms with Crippen molar-refractivity contribution in [1.82, 2.24) is 0 Å². The molecule has 0 aromatic heterocycles. The Morgan fingerprint density at radius 2 is 1.10 bits per heavy atom. The molecule has 2 rings (SSSR count). The monoisotopic (exact) mass is 309 g/mol. The zero-order chi connectivity index (χ0) is 15.3. The first-order valence-electron chi connectivity index (χ1n) is 6.09. The maximum Gasteiger partial charge on any atom is 0.510 e. The maximum absolute atomic E-state index is 12.3. The van der Waals surface area contributed by atoms with Crippen LogP contribution in [0, 0.1) is 0 Å². The number of hydrogen-bond acceptors (Lipinski definition) is 5. The first kappa shape index (κ1) is 15.2. The van der Waals surface area contributed by atoms with Crippen LogP contribution in [0.4, 0.5) is 0 Å². The summed E-state index contributed by atoms with van der Waals surface area (Å²) in [5.74, 6) is 1.29. The van der Waals surface area contributed by atoms with Gasteiger partial charge < -0.3 is 18.5 Å². The molecule has 7 heteroatoms. The Morgan fingerprint density at radius 1 is 0.762 bits per heavy atom. The SMILES string of the molecule is COc1ccccc1OP(N)(=O)Oc1ccccc1OC. The lowest BCUT2D eigenvalue weighted by atomic mass is 10.3. The van der Waals surface area contributed by atoms with E-state index in [4.69, 9.17) is 24.0 Å². The van der Waals surface area contributed by atoms with Crippen LogP contribution in [0.25, 0.3) is 0 Å². The fraction of sp³-hybridized carbons (Fsp3) is 0.143. The van der Waals surface area contributed by atoms with Gasteiger partial charge >= 0.3 is 7.75 Å². The van der Waals surface area contributed by atoms with Crippen molar-refractivity contribution in [2.24, 2.45) is 5.50 Å². The second-order valence-corrected chi connectivity index (χ2v) is 5.47. The smallest absolute Gasteiger partial charge is 0.493 e. The molecule has 0 atom stereocenters. The summed E-state index contributed by atoms with van der Waals surface area (Å²) in [5.41, 5.74) is 5.63. The Labute approximate surface area is 123 Å². The second kappa shape index (κ2) is 6.52. The van der Waals surface area contributed by atoms with Gasteiger partial charge in [0.05, 0.1) is 14.2 Å². The van der Waals surface area contributed by atoms with Crippen molar-refractivity contribution in [3.8, 4) is 23.0 Å². The third-order valence-corrected chi connectivity index (χ3v) is 3.49. The van der Waals surface area contributed by atoms with E-state index in [1.165, 1.54) is 14.2 Å². The Hall–Kier alpha value is -2.17. The molecule has 0 radical (unpaired) electrons.